The molecule has 0 radical (unpaired) electrons. The summed E-state index contributed by atoms with van der Waals surface area (Å²) in [6, 6.07) is 8.45. The molecule has 1 atom stereocenters. The fourth-order valence-electron chi connectivity index (χ4n) is 2.17. The molecule has 4 nitrogen and oxygen atoms in total. The van der Waals surface area contributed by atoms with Crippen molar-refractivity contribution in [1.29, 1.82) is 0 Å². The molecule has 2 rings (SSSR count). The number of imidazole rings is 1. The lowest BCUT2D eigenvalue weighted by molar-refractivity contribution is 0.250. The Morgan fingerprint density at radius 3 is 2.84 bits per heavy atom. The molecule has 19 heavy (non-hydrogen) atoms. The topological polar surface area (TPSA) is 47.1 Å². The van der Waals surface area contributed by atoms with Crippen LogP contribution < -0.4 is 5.73 Å². The number of anilines is 1. The van der Waals surface area contributed by atoms with Crippen molar-refractivity contribution in [1.82, 2.24) is 14.5 Å². The molecular weight excluding hydrogens is 236 g/mol. The van der Waals surface area contributed by atoms with E-state index in [0.29, 0.717) is 6.04 Å². The van der Waals surface area contributed by atoms with Crippen molar-refractivity contribution in [3.63, 3.8) is 0 Å². The fraction of sp³-hybridized carbons (Fsp3) is 0.400. The van der Waals surface area contributed by atoms with E-state index in [9.17, 15) is 0 Å². The number of benzene rings is 1. The number of likely N-dealkylation sites (N-methyl/N-ethyl adjacent to an activating group) is 1. The first-order chi connectivity index (χ1) is 9.08. The summed E-state index contributed by atoms with van der Waals surface area (Å²) in [6.07, 6.45) is 3.87. The molecule has 0 amide bonds. The predicted molar refractivity (Wildman–Crippen MR) is 78.9 cm³/mol. The molecule has 102 valence electrons. The van der Waals surface area contributed by atoms with Crippen LogP contribution in [0.1, 0.15) is 24.4 Å². The molecule has 0 bridgehead atoms. The van der Waals surface area contributed by atoms with Gasteiger partial charge >= 0.3 is 0 Å². The molecule has 1 heterocycles. The maximum absolute atomic E-state index is 5.84. The van der Waals surface area contributed by atoms with Crippen LogP contribution in [-0.2, 0) is 6.54 Å². The Morgan fingerprint density at radius 2 is 2.21 bits per heavy atom. The largest absolute Gasteiger partial charge is 0.399 e. The van der Waals surface area contributed by atoms with Crippen LogP contribution >= 0.6 is 0 Å². The van der Waals surface area contributed by atoms with Gasteiger partial charge in [-0.25, -0.2) is 4.98 Å². The molecule has 0 aliphatic rings. The Balaban J connectivity index is 1.96. The van der Waals surface area contributed by atoms with Gasteiger partial charge in [0.25, 0.3) is 0 Å². The third-order valence-electron chi connectivity index (χ3n) is 3.67. The zero-order valence-electron chi connectivity index (χ0n) is 11.9. The van der Waals surface area contributed by atoms with Crippen molar-refractivity contribution in [2.45, 2.75) is 26.4 Å². The summed E-state index contributed by atoms with van der Waals surface area (Å²) in [5.41, 5.74) is 7.91. The summed E-state index contributed by atoms with van der Waals surface area (Å²) in [5, 5.41) is 0. The maximum Gasteiger partial charge on any atom is 0.105 e. The summed E-state index contributed by atoms with van der Waals surface area (Å²) in [7, 11) is 2.14. The van der Waals surface area contributed by atoms with E-state index in [-0.39, 0.29) is 0 Å². The van der Waals surface area contributed by atoms with E-state index >= 15 is 0 Å². The average Bonchev–Trinajstić information content (AvgIpc) is 2.80. The molecule has 0 fully saturated rings. The monoisotopic (exact) mass is 258 g/mol. The van der Waals surface area contributed by atoms with Gasteiger partial charge in [-0.3, -0.25) is 4.90 Å². The third kappa shape index (κ3) is 3.35. The van der Waals surface area contributed by atoms with Crippen molar-refractivity contribution in [3.05, 3.63) is 48.0 Å². The van der Waals surface area contributed by atoms with E-state index in [2.05, 4.69) is 34.5 Å². The van der Waals surface area contributed by atoms with Crippen LogP contribution in [0.5, 0.6) is 0 Å². The first-order valence-electron chi connectivity index (χ1n) is 6.61. The lowest BCUT2D eigenvalue weighted by atomic mass is 10.1. The maximum atomic E-state index is 5.84. The highest BCUT2D eigenvalue weighted by molar-refractivity contribution is 5.41. The van der Waals surface area contributed by atoms with Gasteiger partial charge in [0, 0.05) is 37.2 Å². The molecule has 0 aliphatic heterocycles. The second kappa shape index (κ2) is 5.89. The summed E-state index contributed by atoms with van der Waals surface area (Å²) in [6.45, 7) is 6.17. The van der Waals surface area contributed by atoms with E-state index in [1.807, 2.05) is 37.5 Å². The molecule has 0 spiro atoms. The van der Waals surface area contributed by atoms with Crippen molar-refractivity contribution in [2.75, 3.05) is 19.3 Å². The van der Waals surface area contributed by atoms with Gasteiger partial charge in [0.2, 0.25) is 0 Å². The van der Waals surface area contributed by atoms with Gasteiger partial charge in [0.15, 0.2) is 0 Å². The lowest BCUT2D eigenvalue weighted by Gasteiger charge is -2.25. The number of aromatic nitrogens is 2. The molecule has 0 saturated carbocycles. The smallest absolute Gasteiger partial charge is 0.105 e. The molecule has 1 unspecified atom stereocenters. The minimum absolute atomic E-state index is 0.354. The predicted octanol–water partition coefficient (Wildman–Crippen LogP) is 2.47. The van der Waals surface area contributed by atoms with E-state index in [1.165, 1.54) is 5.56 Å². The molecule has 2 aromatic rings. The number of hydrogen-bond acceptors (Lipinski definition) is 3. The van der Waals surface area contributed by atoms with Crippen molar-refractivity contribution >= 4 is 5.69 Å². The van der Waals surface area contributed by atoms with Gasteiger partial charge in [-0.05, 0) is 38.6 Å². The number of rotatable bonds is 5. The van der Waals surface area contributed by atoms with Gasteiger partial charge in [-0.15, -0.1) is 0 Å². The van der Waals surface area contributed by atoms with Crippen LogP contribution in [0.3, 0.4) is 0 Å². The molecule has 2 N–H and O–H groups in total. The van der Waals surface area contributed by atoms with Crippen LogP contribution in [0, 0.1) is 6.92 Å². The zero-order valence-corrected chi connectivity index (χ0v) is 11.9. The van der Waals surface area contributed by atoms with Crippen LogP contribution in [0.15, 0.2) is 36.7 Å². The third-order valence-corrected chi connectivity index (χ3v) is 3.67. The van der Waals surface area contributed by atoms with Gasteiger partial charge in [-0.2, -0.15) is 0 Å². The SMILES string of the molecule is Cc1nccn1CCN(C)C(C)c1cccc(N)c1. The second-order valence-electron chi connectivity index (χ2n) is 4.99. The Bertz CT molecular complexity index is 532. The van der Waals surface area contributed by atoms with E-state index in [4.69, 9.17) is 5.73 Å². The minimum atomic E-state index is 0.354. The summed E-state index contributed by atoms with van der Waals surface area (Å²) in [4.78, 5) is 6.56. The normalized spacial score (nSPS) is 12.8. The minimum Gasteiger partial charge on any atom is -0.399 e. The summed E-state index contributed by atoms with van der Waals surface area (Å²) < 4.78 is 2.17. The highest BCUT2D eigenvalue weighted by Crippen LogP contribution is 2.20. The molecule has 0 aliphatic carbocycles. The fourth-order valence-corrected chi connectivity index (χ4v) is 2.17. The van der Waals surface area contributed by atoms with Crippen LogP contribution in [0.25, 0.3) is 0 Å². The van der Waals surface area contributed by atoms with E-state index in [1.54, 1.807) is 0 Å². The Labute approximate surface area is 114 Å². The molecule has 0 saturated heterocycles. The number of aryl methyl sites for hydroxylation is 1. The van der Waals surface area contributed by atoms with Gasteiger partial charge in [-0.1, -0.05) is 12.1 Å². The second-order valence-corrected chi connectivity index (χ2v) is 4.99. The first kappa shape index (κ1) is 13.6. The molecular formula is C15H22N4. The van der Waals surface area contributed by atoms with Crippen molar-refractivity contribution in [3.8, 4) is 0 Å². The van der Waals surface area contributed by atoms with Crippen LogP contribution in [-0.4, -0.2) is 28.0 Å². The van der Waals surface area contributed by atoms with E-state index < -0.39 is 0 Å². The Hall–Kier alpha value is -1.81. The first-order valence-corrected chi connectivity index (χ1v) is 6.61. The van der Waals surface area contributed by atoms with E-state index in [0.717, 1.165) is 24.6 Å². The Kier molecular flexibility index (Phi) is 4.22. The number of hydrogen-bond donors (Lipinski definition) is 1. The van der Waals surface area contributed by atoms with Crippen LogP contribution in [0.4, 0.5) is 5.69 Å². The van der Waals surface area contributed by atoms with Gasteiger partial charge < -0.3 is 10.3 Å². The molecule has 1 aromatic carbocycles. The van der Waals surface area contributed by atoms with Gasteiger partial charge in [0.05, 0.1) is 0 Å². The standard InChI is InChI=1S/C15H22N4/c1-12(14-5-4-6-15(16)11-14)18(3)9-10-19-8-7-17-13(19)2/h4-8,11-12H,9-10,16H2,1-3H3. The lowest BCUT2D eigenvalue weighted by Crippen LogP contribution is -2.26. The van der Waals surface area contributed by atoms with Crippen molar-refractivity contribution < 1.29 is 0 Å². The number of nitrogen functional groups attached to an aromatic ring is 1. The zero-order chi connectivity index (χ0) is 13.8. The molecule has 1 aromatic heterocycles. The molecule has 4 heteroatoms. The number of nitrogens with two attached hydrogens (primary N) is 1. The highest BCUT2D eigenvalue weighted by Gasteiger charge is 2.11. The summed E-state index contributed by atoms with van der Waals surface area (Å²) >= 11 is 0. The average molecular weight is 258 g/mol. The Morgan fingerprint density at radius 1 is 1.42 bits per heavy atom. The quantitative estimate of drug-likeness (QED) is 0.838. The summed E-state index contributed by atoms with van der Waals surface area (Å²) in [5.74, 6) is 1.06. The highest BCUT2D eigenvalue weighted by atomic mass is 15.2. The van der Waals surface area contributed by atoms with Crippen LogP contribution in [0.2, 0.25) is 0 Å². The van der Waals surface area contributed by atoms with Gasteiger partial charge in [0.1, 0.15) is 5.82 Å². The number of nitrogens with zero attached hydrogens (tertiary/aromatic N) is 3. The van der Waals surface area contributed by atoms with Crippen molar-refractivity contribution in [2.24, 2.45) is 0 Å².